The van der Waals surface area contributed by atoms with Crippen LogP contribution in [0.5, 0.6) is 0 Å². The molecule has 0 saturated heterocycles. The van der Waals surface area contributed by atoms with E-state index in [9.17, 15) is 13.2 Å². The summed E-state index contributed by atoms with van der Waals surface area (Å²) in [4.78, 5) is 13.0. The molecule has 5 nitrogen and oxygen atoms in total. The Morgan fingerprint density at radius 1 is 0.676 bits per heavy atom. The summed E-state index contributed by atoms with van der Waals surface area (Å²) in [6.07, 6.45) is 1.69. The number of carbonyl (C=O) groups is 1. The average Bonchev–Trinajstić information content (AvgIpc) is 2.90. The molecule has 0 fully saturated rings. The van der Waals surface area contributed by atoms with Gasteiger partial charge < -0.3 is 5.32 Å². The number of nitrogens with zero attached hydrogens (tertiary/aromatic N) is 1. The number of anilines is 1. The van der Waals surface area contributed by atoms with Crippen LogP contribution in [0.1, 0.15) is 68.6 Å². The molecule has 6 heteroatoms. The molecule has 0 amide bonds. The normalized spacial score (nSPS) is 13.9. The summed E-state index contributed by atoms with van der Waals surface area (Å²) < 4.78 is 29.0. The molecular weight excluding hydrogens is 444 g/mol. The third-order valence-corrected chi connectivity index (χ3v) is 6.20. The topological polar surface area (TPSA) is 75.6 Å². The smallest absolute Gasteiger partial charge is 0.286 e. The number of amidine groups is 1. The van der Waals surface area contributed by atoms with Crippen molar-refractivity contribution in [2.75, 3.05) is 5.32 Å². The quantitative estimate of drug-likeness (QED) is 0.322. The first-order valence-corrected chi connectivity index (χ1v) is 13.1. The lowest BCUT2D eigenvalue weighted by Gasteiger charge is -2.23. The molecule has 34 heavy (non-hydrogen) atoms. The molecule has 1 aliphatic heterocycles. The Bertz CT molecular complexity index is 1270. The number of ketones is 1. The van der Waals surface area contributed by atoms with Crippen molar-refractivity contribution in [3.8, 4) is 0 Å². The summed E-state index contributed by atoms with van der Waals surface area (Å²) >= 11 is 0. The summed E-state index contributed by atoms with van der Waals surface area (Å²) in [5.74, 6) is 0.174. The minimum Gasteiger partial charge on any atom is -0.338 e. The number of hydrogen-bond donors (Lipinski definition) is 1. The monoisotopic (exact) mass is 476 g/mol. The lowest BCUT2D eigenvalue weighted by Crippen LogP contribution is -2.21. The van der Waals surface area contributed by atoms with Gasteiger partial charge in [-0.2, -0.15) is 8.42 Å². The van der Waals surface area contributed by atoms with Crippen LogP contribution in [0.15, 0.2) is 88.2 Å². The van der Waals surface area contributed by atoms with Crippen molar-refractivity contribution in [3.05, 3.63) is 101 Å². The van der Waals surface area contributed by atoms with E-state index in [2.05, 4.69) is 9.71 Å². The van der Waals surface area contributed by atoms with Gasteiger partial charge in [0.05, 0.1) is 5.69 Å². The third-order valence-electron chi connectivity index (χ3n) is 4.85. The van der Waals surface area contributed by atoms with Crippen LogP contribution in [0.2, 0.25) is 0 Å². The van der Waals surface area contributed by atoms with Crippen molar-refractivity contribution in [3.63, 3.8) is 0 Å². The molecule has 0 spiro atoms. The third kappa shape index (κ3) is 5.18. The molecule has 0 atom stereocenters. The van der Waals surface area contributed by atoms with Crippen molar-refractivity contribution in [2.45, 2.75) is 46.4 Å². The second-order valence-corrected chi connectivity index (χ2v) is 8.12. The Labute approximate surface area is 203 Å². The van der Waals surface area contributed by atoms with Crippen LogP contribution in [0.3, 0.4) is 0 Å². The van der Waals surface area contributed by atoms with Crippen LogP contribution in [0, 0.1) is 0 Å². The van der Waals surface area contributed by atoms with Crippen LogP contribution >= 0.6 is 0 Å². The van der Waals surface area contributed by atoms with Crippen molar-refractivity contribution >= 4 is 32.9 Å². The van der Waals surface area contributed by atoms with E-state index in [0.29, 0.717) is 16.8 Å². The van der Waals surface area contributed by atoms with E-state index in [4.69, 9.17) is 0 Å². The standard InChI is InChI=1S/C22H14N2O3S.3C2H6/c25-22-16-9-3-1-7-14(16)18(15-8-2-4-10-17(15)22)13-21-23-19-11-5-6-12-20(19)28(26,27)24-21;3*1-2/h1-13H,(H,23,24);3*1-2H3. The summed E-state index contributed by atoms with van der Waals surface area (Å²) in [6.45, 7) is 12.0. The average molecular weight is 477 g/mol. The maximum atomic E-state index is 12.8. The van der Waals surface area contributed by atoms with Gasteiger partial charge in [0.2, 0.25) is 0 Å². The second kappa shape index (κ2) is 12.1. The molecule has 0 saturated carbocycles. The van der Waals surface area contributed by atoms with Gasteiger partial charge in [-0.15, -0.1) is 4.40 Å². The highest BCUT2D eigenvalue weighted by Gasteiger charge is 2.28. The van der Waals surface area contributed by atoms with Gasteiger partial charge in [0.25, 0.3) is 10.0 Å². The molecule has 1 N–H and O–H groups in total. The fourth-order valence-electron chi connectivity index (χ4n) is 3.61. The number of hydrogen-bond acceptors (Lipinski definition) is 4. The Hall–Kier alpha value is -3.51. The maximum Gasteiger partial charge on any atom is 0.286 e. The molecule has 5 rings (SSSR count). The summed E-state index contributed by atoms with van der Waals surface area (Å²) in [7, 11) is -3.79. The molecule has 0 radical (unpaired) electrons. The van der Waals surface area contributed by atoms with E-state index in [-0.39, 0.29) is 16.5 Å². The van der Waals surface area contributed by atoms with Crippen LogP contribution < -0.4 is 5.32 Å². The second-order valence-electron chi connectivity index (χ2n) is 6.55. The van der Waals surface area contributed by atoms with Gasteiger partial charge in [0.15, 0.2) is 5.78 Å². The fraction of sp³-hybridized carbons (Fsp3) is 0.214. The predicted molar refractivity (Wildman–Crippen MR) is 142 cm³/mol. The Kier molecular flexibility index (Phi) is 9.51. The Morgan fingerprint density at radius 3 is 1.65 bits per heavy atom. The van der Waals surface area contributed by atoms with Crippen LogP contribution in [0.25, 0.3) is 5.57 Å². The van der Waals surface area contributed by atoms with Gasteiger partial charge in [-0.05, 0) is 34.9 Å². The first-order valence-electron chi connectivity index (χ1n) is 11.7. The molecule has 3 aromatic rings. The minimum atomic E-state index is -3.79. The van der Waals surface area contributed by atoms with Gasteiger partial charge in [-0.3, -0.25) is 4.79 Å². The van der Waals surface area contributed by atoms with Crippen molar-refractivity contribution in [1.29, 1.82) is 0 Å². The number of rotatable bonds is 1. The maximum absolute atomic E-state index is 12.8. The lowest BCUT2D eigenvalue weighted by molar-refractivity contribution is 0.103. The number of carbonyl (C=O) groups excluding carboxylic acids is 1. The molecule has 2 aliphatic rings. The van der Waals surface area contributed by atoms with Gasteiger partial charge in [-0.1, -0.05) is 102 Å². The molecule has 0 bridgehead atoms. The van der Waals surface area contributed by atoms with E-state index < -0.39 is 10.0 Å². The Morgan fingerprint density at radius 2 is 1.12 bits per heavy atom. The molecule has 1 aliphatic carbocycles. The zero-order valence-corrected chi connectivity index (χ0v) is 21.4. The summed E-state index contributed by atoms with van der Waals surface area (Å²) in [5.41, 5.74) is 3.93. The molecule has 3 aromatic carbocycles. The first-order chi connectivity index (χ1) is 16.5. The van der Waals surface area contributed by atoms with E-state index in [1.54, 1.807) is 36.4 Å². The largest absolute Gasteiger partial charge is 0.338 e. The minimum absolute atomic E-state index is 0.0418. The number of benzene rings is 3. The van der Waals surface area contributed by atoms with E-state index in [0.717, 1.165) is 16.7 Å². The fourth-order valence-corrected chi connectivity index (χ4v) is 4.71. The zero-order valence-electron chi connectivity index (χ0n) is 20.6. The highest BCUT2D eigenvalue weighted by Crippen LogP contribution is 2.36. The summed E-state index contributed by atoms with van der Waals surface area (Å²) in [5, 5.41) is 3.08. The summed E-state index contributed by atoms with van der Waals surface area (Å²) in [6, 6.07) is 21.3. The van der Waals surface area contributed by atoms with E-state index >= 15 is 0 Å². The van der Waals surface area contributed by atoms with Gasteiger partial charge in [0, 0.05) is 11.1 Å². The number of nitrogens with one attached hydrogen (secondary N) is 1. The van der Waals surface area contributed by atoms with Crippen molar-refractivity contribution in [1.82, 2.24) is 0 Å². The van der Waals surface area contributed by atoms with Gasteiger partial charge in [0.1, 0.15) is 10.7 Å². The highest BCUT2D eigenvalue weighted by atomic mass is 32.2. The highest BCUT2D eigenvalue weighted by molar-refractivity contribution is 7.90. The molecule has 1 heterocycles. The van der Waals surface area contributed by atoms with Gasteiger partial charge >= 0.3 is 0 Å². The number of fused-ring (bicyclic) bond motifs is 3. The predicted octanol–water partition coefficient (Wildman–Crippen LogP) is 6.95. The van der Waals surface area contributed by atoms with Crippen molar-refractivity contribution < 1.29 is 13.2 Å². The Balaban J connectivity index is 0.000000633. The van der Waals surface area contributed by atoms with Gasteiger partial charge in [-0.25, -0.2) is 0 Å². The van der Waals surface area contributed by atoms with Crippen LogP contribution in [0.4, 0.5) is 5.69 Å². The van der Waals surface area contributed by atoms with Crippen molar-refractivity contribution in [2.24, 2.45) is 4.40 Å². The SMILES string of the molecule is CC.CC.CC.O=C1c2ccccc2C(=CC2=NS(=O)(=O)c3ccccc3N2)c2ccccc21. The number of sulfonamides is 1. The van der Waals surface area contributed by atoms with Crippen LogP contribution in [-0.2, 0) is 10.0 Å². The molecular formula is C28H32N2O3S. The zero-order chi connectivity index (χ0) is 25.3. The van der Waals surface area contributed by atoms with E-state index in [1.165, 1.54) is 6.07 Å². The molecule has 0 unspecified atom stereocenters. The van der Waals surface area contributed by atoms with Crippen LogP contribution in [-0.4, -0.2) is 20.0 Å². The first kappa shape index (κ1) is 26.7. The lowest BCUT2D eigenvalue weighted by atomic mass is 9.81. The molecule has 0 aromatic heterocycles. The molecule has 178 valence electrons. The number of para-hydroxylation sites is 1. The van der Waals surface area contributed by atoms with E-state index in [1.807, 2.05) is 77.9 Å².